The number of allylic oxidation sites excluding steroid dienone is 18. The molecule has 0 aromatic heterocycles. The Labute approximate surface area is 450 Å². The van der Waals surface area contributed by atoms with Crippen molar-refractivity contribution in [1.29, 1.82) is 0 Å². The van der Waals surface area contributed by atoms with Crippen LogP contribution in [0.2, 0.25) is 0 Å². The first kappa shape index (κ1) is 69.1. The van der Waals surface area contributed by atoms with Crippen LogP contribution in [0.5, 0.6) is 0 Å². The monoisotopic (exact) mass is 1010 g/mol. The molecule has 0 aromatic rings. The Balaban J connectivity index is 4.43. The van der Waals surface area contributed by atoms with Crippen molar-refractivity contribution in [2.75, 3.05) is 13.2 Å². The van der Waals surface area contributed by atoms with Gasteiger partial charge in [-0.25, -0.2) is 0 Å². The number of rotatable bonds is 54. The first-order chi connectivity index (χ1) is 36.0. The number of hydrogen-bond donors (Lipinski definition) is 0. The summed E-state index contributed by atoms with van der Waals surface area (Å²) in [5.41, 5.74) is 0. The van der Waals surface area contributed by atoms with E-state index in [0.717, 1.165) is 135 Å². The van der Waals surface area contributed by atoms with E-state index in [2.05, 4.69) is 130 Å². The van der Waals surface area contributed by atoms with Crippen LogP contribution in [0.4, 0.5) is 0 Å². The minimum atomic E-state index is -0.796. The molecule has 0 spiro atoms. The van der Waals surface area contributed by atoms with Crippen molar-refractivity contribution in [3.63, 3.8) is 0 Å². The number of ether oxygens (including phenoxy) is 3. The number of unbranched alkanes of at least 4 members (excludes halogenated alkanes) is 25. The highest BCUT2D eigenvalue weighted by Crippen LogP contribution is 2.15. The molecular formula is C67H112O6. The maximum atomic E-state index is 12.9. The lowest BCUT2D eigenvalue weighted by molar-refractivity contribution is -0.167. The molecule has 6 nitrogen and oxygen atoms in total. The SMILES string of the molecule is CC/C=C\C/C=C\C/C=C\C/C=C\CCCCCCCCCCC(=O)OCC(COC(=O)CCCCCCC/C=C\CCCCCCCC)OC(=O)CCCCCCCC/C=C\C/C=C\C/C=C\C/C=C\CC. The first-order valence-corrected chi connectivity index (χ1v) is 30.4. The van der Waals surface area contributed by atoms with Crippen LogP contribution in [0.1, 0.15) is 278 Å². The highest BCUT2D eigenvalue weighted by molar-refractivity contribution is 5.71. The lowest BCUT2D eigenvalue weighted by atomic mass is 10.1. The molecule has 0 saturated heterocycles. The highest BCUT2D eigenvalue weighted by Gasteiger charge is 2.19. The van der Waals surface area contributed by atoms with Crippen molar-refractivity contribution in [2.45, 2.75) is 284 Å². The van der Waals surface area contributed by atoms with E-state index in [-0.39, 0.29) is 31.1 Å². The Bertz CT molecular complexity index is 1490. The zero-order valence-electron chi connectivity index (χ0n) is 47.6. The van der Waals surface area contributed by atoms with Crippen molar-refractivity contribution in [1.82, 2.24) is 0 Å². The largest absolute Gasteiger partial charge is 0.462 e. The third kappa shape index (κ3) is 58.8. The summed E-state index contributed by atoms with van der Waals surface area (Å²) >= 11 is 0. The minimum Gasteiger partial charge on any atom is -0.462 e. The van der Waals surface area contributed by atoms with Gasteiger partial charge >= 0.3 is 17.9 Å². The Hall–Kier alpha value is -3.93. The summed E-state index contributed by atoms with van der Waals surface area (Å²) in [5, 5.41) is 0. The molecule has 0 fully saturated rings. The van der Waals surface area contributed by atoms with Crippen LogP contribution in [0.3, 0.4) is 0 Å². The van der Waals surface area contributed by atoms with E-state index in [1.807, 2.05) is 0 Å². The van der Waals surface area contributed by atoms with E-state index in [1.165, 1.54) is 103 Å². The lowest BCUT2D eigenvalue weighted by Crippen LogP contribution is -2.30. The van der Waals surface area contributed by atoms with Crippen LogP contribution < -0.4 is 0 Å². The molecule has 1 unspecified atom stereocenters. The van der Waals surface area contributed by atoms with Crippen LogP contribution in [0.15, 0.2) is 109 Å². The second kappa shape index (κ2) is 60.6. The number of carbonyl (C=O) groups is 3. The number of esters is 3. The van der Waals surface area contributed by atoms with E-state index >= 15 is 0 Å². The molecule has 0 heterocycles. The molecule has 1 atom stereocenters. The van der Waals surface area contributed by atoms with Crippen molar-refractivity contribution in [3.8, 4) is 0 Å². The summed E-state index contributed by atoms with van der Waals surface area (Å²) in [6.07, 6.45) is 82.2. The molecule has 0 aliphatic rings. The van der Waals surface area contributed by atoms with Gasteiger partial charge in [-0.15, -0.1) is 0 Å². The molecule has 0 N–H and O–H groups in total. The summed E-state index contributed by atoms with van der Waals surface area (Å²) in [6, 6.07) is 0. The number of carbonyl (C=O) groups excluding carboxylic acids is 3. The molecule has 416 valence electrons. The molecular weight excluding hydrogens is 901 g/mol. The third-order valence-corrected chi connectivity index (χ3v) is 12.7. The molecule has 0 aliphatic heterocycles. The van der Waals surface area contributed by atoms with Crippen molar-refractivity contribution < 1.29 is 28.6 Å². The van der Waals surface area contributed by atoms with Gasteiger partial charge in [-0.05, 0) is 122 Å². The van der Waals surface area contributed by atoms with Crippen molar-refractivity contribution >= 4 is 17.9 Å². The summed E-state index contributed by atoms with van der Waals surface area (Å²) in [5.74, 6) is -0.917. The van der Waals surface area contributed by atoms with Gasteiger partial charge < -0.3 is 14.2 Å². The van der Waals surface area contributed by atoms with Crippen molar-refractivity contribution in [2.24, 2.45) is 0 Å². The van der Waals surface area contributed by atoms with Crippen LogP contribution in [0, 0.1) is 0 Å². The maximum Gasteiger partial charge on any atom is 0.306 e. The molecule has 0 aliphatic carbocycles. The Morgan fingerprint density at radius 1 is 0.288 bits per heavy atom. The highest BCUT2D eigenvalue weighted by atomic mass is 16.6. The summed E-state index contributed by atoms with van der Waals surface area (Å²) < 4.78 is 16.9. The van der Waals surface area contributed by atoms with Crippen LogP contribution in [-0.2, 0) is 28.6 Å². The predicted molar refractivity (Wildman–Crippen MR) is 316 cm³/mol. The van der Waals surface area contributed by atoms with E-state index in [1.54, 1.807) is 0 Å². The molecule has 6 heteroatoms. The fraction of sp³-hybridized carbons (Fsp3) is 0.687. The zero-order chi connectivity index (χ0) is 52.9. The zero-order valence-corrected chi connectivity index (χ0v) is 47.6. The van der Waals surface area contributed by atoms with Crippen molar-refractivity contribution in [3.05, 3.63) is 109 Å². The van der Waals surface area contributed by atoms with Gasteiger partial charge in [0.25, 0.3) is 0 Å². The average molecular weight is 1010 g/mol. The Morgan fingerprint density at radius 3 is 0.849 bits per heavy atom. The molecule has 0 bridgehead atoms. The second-order valence-electron chi connectivity index (χ2n) is 19.8. The average Bonchev–Trinajstić information content (AvgIpc) is 3.39. The van der Waals surface area contributed by atoms with Gasteiger partial charge in [0.1, 0.15) is 13.2 Å². The topological polar surface area (TPSA) is 78.9 Å². The van der Waals surface area contributed by atoms with E-state index in [0.29, 0.717) is 19.3 Å². The van der Waals surface area contributed by atoms with Crippen LogP contribution in [-0.4, -0.2) is 37.2 Å². The molecule has 0 amide bonds. The fourth-order valence-electron chi connectivity index (χ4n) is 8.24. The summed E-state index contributed by atoms with van der Waals surface area (Å²) in [6.45, 7) is 6.40. The van der Waals surface area contributed by atoms with Gasteiger partial charge in [-0.3, -0.25) is 14.4 Å². The normalized spacial score (nSPS) is 12.9. The van der Waals surface area contributed by atoms with Crippen LogP contribution >= 0.6 is 0 Å². The first-order valence-electron chi connectivity index (χ1n) is 30.4. The molecule has 0 saturated carbocycles. The standard InChI is InChI=1S/C67H112O6/c1-4-7-10-13-16-19-22-25-28-30-32-33-35-36-39-42-45-48-51-54-57-60-66(69)72-63-64(62-71-65(68)59-56-53-50-47-44-41-38-27-24-21-18-15-12-9-6-3)73-67(70)61-58-55-52-49-46-43-40-37-34-31-29-26-23-20-17-14-11-8-5-2/h7-8,10-11,16-17,19-20,25-29,32-34,37-38,64H,4-6,9,12-15,18,21-24,30-31,35-36,39-63H2,1-3H3/b10-7-,11-8-,19-16-,20-17-,28-25-,29-26-,33-32-,37-34-,38-27-. The smallest absolute Gasteiger partial charge is 0.306 e. The molecule has 0 aromatic carbocycles. The van der Waals surface area contributed by atoms with Gasteiger partial charge in [0.05, 0.1) is 0 Å². The van der Waals surface area contributed by atoms with Crippen LogP contribution in [0.25, 0.3) is 0 Å². The quantitative estimate of drug-likeness (QED) is 0.0261. The Morgan fingerprint density at radius 2 is 0.534 bits per heavy atom. The van der Waals surface area contributed by atoms with E-state index in [9.17, 15) is 14.4 Å². The van der Waals surface area contributed by atoms with E-state index in [4.69, 9.17) is 14.2 Å². The Kier molecular flexibility index (Phi) is 57.4. The maximum absolute atomic E-state index is 12.9. The lowest BCUT2D eigenvalue weighted by Gasteiger charge is -2.18. The van der Waals surface area contributed by atoms with Gasteiger partial charge in [0, 0.05) is 19.3 Å². The minimum absolute atomic E-state index is 0.0916. The molecule has 0 radical (unpaired) electrons. The third-order valence-electron chi connectivity index (χ3n) is 12.7. The predicted octanol–water partition coefficient (Wildman–Crippen LogP) is 20.7. The second-order valence-corrected chi connectivity index (χ2v) is 19.8. The molecule has 73 heavy (non-hydrogen) atoms. The van der Waals surface area contributed by atoms with Gasteiger partial charge in [0.15, 0.2) is 6.10 Å². The number of hydrogen-bond acceptors (Lipinski definition) is 6. The van der Waals surface area contributed by atoms with Gasteiger partial charge in [-0.1, -0.05) is 246 Å². The summed E-state index contributed by atoms with van der Waals surface area (Å²) in [4.78, 5) is 38.3. The fourth-order valence-corrected chi connectivity index (χ4v) is 8.24. The summed E-state index contributed by atoms with van der Waals surface area (Å²) in [7, 11) is 0. The van der Waals surface area contributed by atoms with Gasteiger partial charge in [-0.2, -0.15) is 0 Å². The molecule has 0 rings (SSSR count). The van der Waals surface area contributed by atoms with Gasteiger partial charge in [0.2, 0.25) is 0 Å². The van der Waals surface area contributed by atoms with E-state index < -0.39 is 6.10 Å².